The third kappa shape index (κ3) is 3.71. The topological polar surface area (TPSA) is 81.3 Å². The largest absolute Gasteiger partial charge is 0.507 e. The molecule has 0 spiro atoms. The number of phenolic OH excluding ortho intramolecular Hbond substituents is 1. The first kappa shape index (κ1) is 18.7. The van der Waals surface area contributed by atoms with Crippen molar-refractivity contribution < 1.29 is 27.4 Å². The van der Waals surface area contributed by atoms with Crippen LogP contribution in [-0.4, -0.2) is 20.1 Å². The van der Waals surface area contributed by atoms with E-state index in [4.69, 9.17) is 9.15 Å². The molecule has 148 valence electrons. The van der Waals surface area contributed by atoms with E-state index in [9.17, 15) is 18.3 Å². The molecule has 0 atom stereocenters. The van der Waals surface area contributed by atoms with Crippen LogP contribution in [0.25, 0.3) is 22.7 Å². The molecule has 9 heteroatoms. The van der Waals surface area contributed by atoms with Crippen molar-refractivity contribution in [3.05, 3.63) is 59.3 Å². The zero-order valence-corrected chi connectivity index (χ0v) is 15.3. The summed E-state index contributed by atoms with van der Waals surface area (Å²) in [5, 5.41) is 9.90. The van der Waals surface area contributed by atoms with Gasteiger partial charge in [-0.3, -0.25) is 0 Å². The van der Waals surface area contributed by atoms with E-state index in [0.29, 0.717) is 22.2 Å². The first-order valence-corrected chi connectivity index (χ1v) is 8.50. The van der Waals surface area contributed by atoms with Crippen LogP contribution < -0.4 is 4.74 Å². The molecule has 1 N–H and O–H groups in total. The molecule has 0 saturated carbocycles. The van der Waals surface area contributed by atoms with E-state index < -0.39 is 11.7 Å². The molecule has 0 bridgehead atoms. The van der Waals surface area contributed by atoms with Crippen LogP contribution in [0, 0.1) is 13.8 Å². The van der Waals surface area contributed by atoms with Gasteiger partial charge in [-0.2, -0.15) is 18.2 Å². The minimum Gasteiger partial charge on any atom is -0.507 e. The lowest BCUT2D eigenvalue weighted by Gasteiger charge is -2.08. The van der Waals surface area contributed by atoms with Crippen molar-refractivity contribution in [1.82, 2.24) is 15.0 Å². The number of rotatable bonds is 3. The summed E-state index contributed by atoms with van der Waals surface area (Å²) < 4.78 is 49.5. The fraction of sp³-hybridized carbons (Fsp3) is 0.150. The number of ether oxygens (including phenoxy) is 1. The second kappa shape index (κ2) is 6.77. The first-order chi connectivity index (χ1) is 13.7. The van der Waals surface area contributed by atoms with Crippen molar-refractivity contribution in [2.75, 3.05) is 0 Å². The number of oxazole rings is 1. The summed E-state index contributed by atoms with van der Waals surface area (Å²) in [4.78, 5) is 12.4. The van der Waals surface area contributed by atoms with Crippen LogP contribution in [0.5, 0.6) is 17.5 Å². The highest BCUT2D eigenvalue weighted by Crippen LogP contribution is 2.33. The molecule has 2 heterocycles. The second-order valence-electron chi connectivity index (χ2n) is 6.45. The Balaban J connectivity index is 1.66. The number of fused-ring (bicyclic) bond motifs is 1. The molecular weight excluding hydrogens is 387 g/mol. The van der Waals surface area contributed by atoms with Crippen molar-refractivity contribution in [1.29, 1.82) is 0 Å². The number of benzene rings is 2. The van der Waals surface area contributed by atoms with E-state index in [2.05, 4.69) is 15.0 Å². The SMILES string of the molecule is Cc1cc(-c2nc3cnc(Oc4cccc(C(F)(F)F)c4)nc3o2)cc(C)c1O. The van der Waals surface area contributed by atoms with E-state index in [0.717, 1.165) is 12.1 Å². The standard InChI is InChI=1S/C20H14F3N3O3/c1-10-6-12(7-11(2)16(10)27)17-25-15-9-24-19(26-18(15)29-17)28-14-5-3-4-13(8-14)20(21,22)23/h3-9,27H,1-2H3. The molecule has 0 radical (unpaired) electrons. The summed E-state index contributed by atoms with van der Waals surface area (Å²) >= 11 is 0. The predicted octanol–water partition coefficient (Wildman–Crippen LogP) is 5.42. The Morgan fingerprint density at radius 3 is 2.45 bits per heavy atom. The van der Waals surface area contributed by atoms with Gasteiger partial charge in [0.1, 0.15) is 17.0 Å². The zero-order chi connectivity index (χ0) is 20.8. The summed E-state index contributed by atoms with van der Waals surface area (Å²) in [6.45, 7) is 3.52. The lowest BCUT2D eigenvalue weighted by molar-refractivity contribution is -0.137. The number of hydrogen-bond acceptors (Lipinski definition) is 6. The Labute approximate surface area is 162 Å². The minimum atomic E-state index is -4.48. The lowest BCUT2D eigenvalue weighted by atomic mass is 10.1. The quantitative estimate of drug-likeness (QED) is 0.494. The lowest BCUT2D eigenvalue weighted by Crippen LogP contribution is -2.04. The minimum absolute atomic E-state index is 0.0521. The average molecular weight is 401 g/mol. The van der Waals surface area contributed by atoms with Crippen LogP contribution in [0.15, 0.2) is 47.0 Å². The number of nitrogens with zero attached hydrogens (tertiary/aromatic N) is 3. The normalized spacial score (nSPS) is 11.8. The van der Waals surface area contributed by atoms with Gasteiger partial charge in [0.15, 0.2) is 0 Å². The van der Waals surface area contributed by atoms with Crippen molar-refractivity contribution in [2.24, 2.45) is 0 Å². The molecule has 0 fully saturated rings. The molecule has 0 unspecified atom stereocenters. The highest BCUT2D eigenvalue weighted by molar-refractivity contribution is 5.72. The Kier molecular flexibility index (Phi) is 4.37. The fourth-order valence-corrected chi connectivity index (χ4v) is 2.81. The Hall–Kier alpha value is -3.62. The number of aromatic nitrogens is 3. The van der Waals surface area contributed by atoms with Crippen LogP contribution in [0.4, 0.5) is 13.2 Å². The first-order valence-electron chi connectivity index (χ1n) is 8.50. The van der Waals surface area contributed by atoms with Crippen LogP contribution >= 0.6 is 0 Å². The molecule has 6 nitrogen and oxygen atoms in total. The number of alkyl halides is 3. The maximum absolute atomic E-state index is 12.8. The number of hydrogen-bond donors (Lipinski definition) is 1. The Bertz CT molecular complexity index is 1200. The highest BCUT2D eigenvalue weighted by atomic mass is 19.4. The molecule has 0 amide bonds. The van der Waals surface area contributed by atoms with Gasteiger partial charge in [-0.25, -0.2) is 9.97 Å². The van der Waals surface area contributed by atoms with Gasteiger partial charge in [-0.1, -0.05) is 6.07 Å². The Morgan fingerprint density at radius 1 is 1.03 bits per heavy atom. The second-order valence-corrected chi connectivity index (χ2v) is 6.45. The maximum atomic E-state index is 12.8. The van der Waals surface area contributed by atoms with Gasteiger partial charge in [-0.15, -0.1) is 0 Å². The summed E-state index contributed by atoms with van der Waals surface area (Å²) in [6, 6.07) is 7.69. The van der Waals surface area contributed by atoms with E-state index in [1.165, 1.54) is 18.3 Å². The van der Waals surface area contributed by atoms with E-state index in [-0.39, 0.29) is 29.1 Å². The molecule has 0 aliphatic carbocycles. The monoisotopic (exact) mass is 401 g/mol. The van der Waals surface area contributed by atoms with Gasteiger partial charge in [0.25, 0.3) is 5.71 Å². The highest BCUT2D eigenvalue weighted by Gasteiger charge is 2.30. The number of aromatic hydroxyl groups is 1. The molecule has 4 aromatic rings. The van der Waals surface area contributed by atoms with Crippen LogP contribution in [0.2, 0.25) is 0 Å². The summed E-state index contributed by atoms with van der Waals surface area (Å²) in [7, 11) is 0. The maximum Gasteiger partial charge on any atom is 0.416 e. The molecule has 29 heavy (non-hydrogen) atoms. The van der Waals surface area contributed by atoms with Crippen molar-refractivity contribution in [3.8, 4) is 29.0 Å². The van der Waals surface area contributed by atoms with Gasteiger partial charge in [-0.05, 0) is 55.3 Å². The molecule has 0 aliphatic heterocycles. The van der Waals surface area contributed by atoms with Crippen molar-refractivity contribution >= 4 is 11.2 Å². The van der Waals surface area contributed by atoms with Crippen LogP contribution in [0.3, 0.4) is 0 Å². The van der Waals surface area contributed by atoms with Gasteiger partial charge < -0.3 is 14.3 Å². The third-order valence-corrected chi connectivity index (χ3v) is 4.24. The smallest absolute Gasteiger partial charge is 0.416 e. The summed E-state index contributed by atoms with van der Waals surface area (Å²) in [5.74, 6) is 0.418. The van der Waals surface area contributed by atoms with Crippen LogP contribution in [-0.2, 0) is 6.18 Å². The summed E-state index contributed by atoms with van der Waals surface area (Å²) in [6.07, 6.45) is -3.12. The molecule has 2 aromatic carbocycles. The number of halogens is 3. The fourth-order valence-electron chi connectivity index (χ4n) is 2.81. The Morgan fingerprint density at radius 2 is 1.76 bits per heavy atom. The third-order valence-electron chi connectivity index (χ3n) is 4.24. The molecule has 0 aliphatic rings. The van der Waals surface area contributed by atoms with Gasteiger partial charge in [0.05, 0.1) is 11.8 Å². The number of aryl methyl sites for hydroxylation is 2. The molecule has 0 saturated heterocycles. The van der Waals surface area contributed by atoms with Gasteiger partial charge in [0.2, 0.25) is 5.89 Å². The van der Waals surface area contributed by atoms with E-state index in [1.807, 2.05) is 0 Å². The van der Waals surface area contributed by atoms with Crippen molar-refractivity contribution in [2.45, 2.75) is 20.0 Å². The van der Waals surface area contributed by atoms with Gasteiger partial charge >= 0.3 is 12.2 Å². The van der Waals surface area contributed by atoms with Crippen LogP contribution in [0.1, 0.15) is 16.7 Å². The zero-order valence-electron chi connectivity index (χ0n) is 15.3. The summed E-state index contributed by atoms with van der Waals surface area (Å²) in [5.41, 5.74) is 1.64. The van der Waals surface area contributed by atoms with E-state index >= 15 is 0 Å². The average Bonchev–Trinajstić information content (AvgIpc) is 3.08. The molecular formula is C20H14F3N3O3. The molecule has 2 aromatic heterocycles. The van der Waals surface area contributed by atoms with Crippen molar-refractivity contribution in [3.63, 3.8) is 0 Å². The van der Waals surface area contributed by atoms with Gasteiger partial charge in [0, 0.05) is 5.56 Å². The number of phenols is 1. The predicted molar refractivity (Wildman–Crippen MR) is 97.7 cm³/mol. The molecule has 4 rings (SSSR count). The van der Waals surface area contributed by atoms with E-state index in [1.54, 1.807) is 26.0 Å².